The average Bonchev–Trinajstić information content (AvgIpc) is 2.51. The summed E-state index contributed by atoms with van der Waals surface area (Å²) in [7, 11) is 0. The van der Waals surface area contributed by atoms with Crippen molar-refractivity contribution in [3.63, 3.8) is 0 Å². The molecule has 0 fully saturated rings. The number of aliphatic hydroxyl groups is 1. The summed E-state index contributed by atoms with van der Waals surface area (Å²) in [4.78, 5) is 0. The Balaban J connectivity index is 1.75. The average molecular weight is 312 g/mol. The first kappa shape index (κ1) is 16.3. The maximum absolute atomic E-state index is 13.3. The van der Waals surface area contributed by atoms with Gasteiger partial charge in [0.25, 0.3) is 0 Å². The van der Waals surface area contributed by atoms with Crippen molar-refractivity contribution in [1.82, 2.24) is 0 Å². The van der Waals surface area contributed by atoms with E-state index in [1.54, 1.807) is 18.2 Å². The monoisotopic (exact) mass is 312 g/mol. The van der Waals surface area contributed by atoms with Gasteiger partial charge in [0.05, 0.1) is 13.2 Å². The fourth-order valence-electron chi connectivity index (χ4n) is 1.75. The molecule has 0 heterocycles. The first-order chi connectivity index (χ1) is 10.6. The van der Waals surface area contributed by atoms with E-state index in [0.29, 0.717) is 5.56 Å². The molecule has 6 heteroatoms. The molecule has 3 nitrogen and oxygen atoms in total. The summed E-state index contributed by atoms with van der Waals surface area (Å²) < 4.78 is 49.7. The van der Waals surface area contributed by atoms with Crippen LogP contribution in [0, 0.1) is 17.5 Å². The zero-order valence-corrected chi connectivity index (χ0v) is 11.6. The van der Waals surface area contributed by atoms with Crippen LogP contribution in [0.4, 0.5) is 13.2 Å². The second-order valence-electron chi connectivity index (χ2n) is 4.62. The molecule has 0 amide bonds. The normalized spacial score (nSPS) is 12.2. The van der Waals surface area contributed by atoms with Gasteiger partial charge in [0.15, 0.2) is 11.6 Å². The van der Waals surface area contributed by atoms with E-state index in [4.69, 9.17) is 9.47 Å². The standard InChI is InChI=1S/C16H15F3O3/c17-13-5-2-1-4-11(13)8-21-9-12(20)10-22-15-7-3-6-14(18)16(15)19/h1-7,12,20H,8-10H2. The first-order valence-electron chi connectivity index (χ1n) is 6.64. The van der Waals surface area contributed by atoms with E-state index in [2.05, 4.69) is 0 Å². The van der Waals surface area contributed by atoms with Crippen LogP contribution in [-0.4, -0.2) is 24.4 Å². The lowest BCUT2D eigenvalue weighted by Gasteiger charge is -2.13. The van der Waals surface area contributed by atoms with Crippen molar-refractivity contribution < 1.29 is 27.8 Å². The van der Waals surface area contributed by atoms with Crippen LogP contribution in [0.15, 0.2) is 42.5 Å². The van der Waals surface area contributed by atoms with E-state index < -0.39 is 23.6 Å². The summed E-state index contributed by atoms with van der Waals surface area (Å²) in [6.45, 7) is -0.388. The number of aliphatic hydroxyl groups excluding tert-OH is 1. The third-order valence-corrected chi connectivity index (χ3v) is 2.87. The summed E-state index contributed by atoms with van der Waals surface area (Å²) >= 11 is 0. The summed E-state index contributed by atoms with van der Waals surface area (Å²) in [5.41, 5.74) is 0.367. The maximum atomic E-state index is 13.3. The second-order valence-corrected chi connectivity index (χ2v) is 4.62. The molecule has 0 radical (unpaired) electrons. The number of ether oxygens (including phenoxy) is 2. The van der Waals surface area contributed by atoms with E-state index >= 15 is 0 Å². The van der Waals surface area contributed by atoms with Crippen LogP contribution in [0.25, 0.3) is 0 Å². The minimum absolute atomic E-state index is 0.00193. The van der Waals surface area contributed by atoms with Gasteiger partial charge in [0, 0.05) is 5.56 Å². The van der Waals surface area contributed by atoms with Gasteiger partial charge in [-0.05, 0) is 18.2 Å². The highest BCUT2D eigenvalue weighted by Crippen LogP contribution is 2.19. The minimum atomic E-state index is -1.11. The van der Waals surface area contributed by atoms with Crippen LogP contribution in [0.2, 0.25) is 0 Å². The van der Waals surface area contributed by atoms with E-state index in [9.17, 15) is 18.3 Å². The third-order valence-electron chi connectivity index (χ3n) is 2.87. The molecule has 22 heavy (non-hydrogen) atoms. The number of halogens is 3. The third kappa shape index (κ3) is 4.47. The Kier molecular flexibility index (Phi) is 5.80. The largest absolute Gasteiger partial charge is 0.488 e. The Bertz CT molecular complexity index is 619. The molecule has 2 aromatic rings. The highest BCUT2D eigenvalue weighted by atomic mass is 19.2. The number of hydrogen-bond donors (Lipinski definition) is 1. The Morgan fingerprint density at radius 3 is 2.41 bits per heavy atom. The molecule has 0 aliphatic heterocycles. The molecule has 0 aromatic heterocycles. The highest BCUT2D eigenvalue weighted by Gasteiger charge is 2.12. The van der Waals surface area contributed by atoms with Crippen LogP contribution in [0.3, 0.4) is 0 Å². The molecule has 0 aliphatic carbocycles. The van der Waals surface area contributed by atoms with Crippen molar-refractivity contribution in [3.05, 3.63) is 65.5 Å². The Labute approximate surface area is 125 Å². The van der Waals surface area contributed by atoms with Gasteiger partial charge >= 0.3 is 0 Å². The Morgan fingerprint density at radius 1 is 0.909 bits per heavy atom. The summed E-state index contributed by atoms with van der Waals surface area (Å²) in [5.74, 6) is -2.81. The van der Waals surface area contributed by atoms with Crippen molar-refractivity contribution in [2.45, 2.75) is 12.7 Å². The fourth-order valence-corrected chi connectivity index (χ4v) is 1.75. The van der Waals surface area contributed by atoms with E-state index in [1.807, 2.05) is 0 Å². The van der Waals surface area contributed by atoms with Gasteiger partial charge in [0.1, 0.15) is 18.5 Å². The van der Waals surface area contributed by atoms with Gasteiger partial charge in [-0.1, -0.05) is 24.3 Å². The van der Waals surface area contributed by atoms with Gasteiger partial charge in [-0.15, -0.1) is 0 Å². The second kappa shape index (κ2) is 7.82. The molecule has 0 saturated carbocycles. The summed E-state index contributed by atoms with van der Waals surface area (Å²) in [6, 6.07) is 9.64. The van der Waals surface area contributed by atoms with Gasteiger partial charge in [-0.2, -0.15) is 4.39 Å². The Morgan fingerprint density at radius 2 is 1.64 bits per heavy atom. The van der Waals surface area contributed by atoms with Crippen molar-refractivity contribution in [2.75, 3.05) is 13.2 Å². The van der Waals surface area contributed by atoms with Crippen LogP contribution in [-0.2, 0) is 11.3 Å². The van der Waals surface area contributed by atoms with E-state index in [-0.39, 0.29) is 25.6 Å². The molecule has 1 unspecified atom stereocenters. The molecule has 0 aliphatic rings. The first-order valence-corrected chi connectivity index (χ1v) is 6.64. The zero-order valence-electron chi connectivity index (χ0n) is 11.6. The van der Waals surface area contributed by atoms with Gasteiger partial charge in [0.2, 0.25) is 5.82 Å². The van der Waals surface area contributed by atoms with Crippen molar-refractivity contribution in [2.24, 2.45) is 0 Å². The SMILES string of the molecule is OC(COCc1ccccc1F)COc1cccc(F)c1F. The molecule has 0 bridgehead atoms. The topological polar surface area (TPSA) is 38.7 Å². The van der Waals surface area contributed by atoms with Gasteiger partial charge < -0.3 is 14.6 Å². The quantitative estimate of drug-likeness (QED) is 0.854. The van der Waals surface area contributed by atoms with Crippen LogP contribution in [0.5, 0.6) is 5.75 Å². The number of rotatable bonds is 7. The molecule has 0 saturated heterocycles. The lowest BCUT2D eigenvalue weighted by Crippen LogP contribution is -2.23. The van der Waals surface area contributed by atoms with Crippen molar-refractivity contribution in [3.8, 4) is 5.75 Å². The molecule has 2 aromatic carbocycles. The molecule has 0 spiro atoms. The van der Waals surface area contributed by atoms with E-state index in [1.165, 1.54) is 18.2 Å². The lowest BCUT2D eigenvalue weighted by molar-refractivity contribution is 0.00402. The lowest BCUT2D eigenvalue weighted by atomic mass is 10.2. The summed E-state index contributed by atoms with van der Waals surface area (Å²) in [6.07, 6.45) is -1.05. The zero-order chi connectivity index (χ0) is 15.9. The molecular formula is C16H15F3O3. The molecule has 1 atom stereocenters. The highest BCUT2D eigenvalue weighted by molar-refractivity contribution is 5.25. The Hall–Kier alpha value is -2.05. The van der Waals surface area contributed by atoms with Crippen molar-refractivity contribution >= 4 is 0 Å². The fraction of sp³-hybridized carbons (Fsp3) is 0.250. The predicted octanol–water partition coefficient (Wildman–Crippen LogP) is 3.06. The van der Waals surface area contributed by atoms with Crippen LogP contribution in [0.1, 0.15) is 5.56 Å². The van der Waals surface area contributed by atoms with Crippen LogP contribution < -0.4 is 4.74 Å². The smallest absolute Gasteiger partial charge is 0.200 e. The van der Waals surface area contributed by atoms with Gasteiger partial charge in [-0.3, -0.25) is 0 Å². The van der Waals surface area contributed by atoms with E-state index in [0.717, 1.165) is 6.07 Å². The molecule has 1 N–H and O–H groups in total. The molecular weight excluding hydrogens is 297 g/mol. The van der Waals surface area contributed by atoms with Crippen molar-refractivity contribution in [1.29, 1.82) is 0 Å². The predicted molar refractivity (Wildman–Crippen MR) is 73.9 cm³/mol. The van der Waals surface area contributed by atoms with Crippen LogP contribution >= 0.6 is 0 Å². The number of hydrogen-bond acceptors (Lipinski definition) is 3. The minimum Gasteiger partial charge on any atom is -0.488 e. The summed E-state index contributed by atoms with van der Waals surface area (Å²) in [5, 5.41) is 9.66. The maximum Gasteiger partial charge on any atom is 0.200 e. The van der Waals surface area contributed by atoms with Gasteiger partial charge in [-0.25, -0.2) is 8.78 Å². The molecule has 2 rings (SSSR count). The number of benzene rings is 2. The molecule has 118 valence electrons.